The van der Waals surface area contributed by atoms with Crippen molar-refractivity contribution in [3.8, 4) is 5.75 Å². The topological polar surface area (TPSA) is 70.1 Å². The Bertz CT molecular complexity index is 935. The number of hydrogen-bond acceptors (Lipinski definition) is 6. The maximum absolute atomic E-state index is 13.3. The Morgan fingerprint density at radius 1 is 1.19 bits per heavy atom. The van der Waals surface area contributed by atoms with E-state index in [-0.39, 0.29) is 11.4 Å². The molecule has 6 nitrogen and oxygen atoms in total. The molecule has 1 unspecified atom stereocenters. The summed E-state index contributed by atoms with van der Waals surface area (Å²) in [7, 11) is 0. The number of carbonyl (C=O) groups is 2. The molecule has 0 saturated carbocycles. The highest BCUT2D eigenvalue weighted by atomic mass is 32.1. The Morgan fingerprint density at radius 2 is 1.97 bits per heavy atom. The molecule has 1 aliphatic rings. The van der Waals surface area contributed by atoms with Crippen LogP contribution in [-0.4, -0.2) is 59.4 Å². The maximum atomic E-state index is 13.3. The fourth-order valence-electron chi connectivity index (χ4n) is 3.95. The molecule has 0 bridgehead atoms. The molecule has 1 atom stereocenters. The number of Topliss-reactive ketones (excluding diaryl/α,β-unsaturated/α-hetero) is 1. The summed E-state index contributed by atoms with van der Waals surface area (Å²) in [6, 6.07) is 10.3. The summed E-state index contributed by atoms with van der Waals surface area (Å²) in [6.07, 6.45) is 0.753. The Hall–Kier alpha value is -2.64. The number of aliphatic hydroxyl groups is 1. The first-order valence-corrected chi connectivity index (χ1v) is 11.7. The molecular weight excluding hydrogens is 412 g/mol. The molecule has 31 heavy (non-hydrogen) atoms. The second-order valence-corrected chi connectivity index (χ2v) is 8.30. The van der Waals surface area contributed by atoms with E-state index < -0.39 is 17.7 Å². The van der Waals surface area contributed by atoms with Crippen LogP contribution in [0.4, 0.5) is 0 Å². The van der Waals surface area contributed by atoms with Crippen molar-refractivity contribution in [1.29, 1.82) is 0 Å². The van der Waals surface area contributed by atoms with Crippen molar-refractivity contribution in [2.45, 2.75) is 33.2 Å². The molecule has 2 heterocycles. The number of rotatable bonds is 11. The highest BCUT2D eigenvalue weighted by Crippen LogP contribution is 2.40. The van der Waals surface area contributed by atoms with Crippen LogP contribution in [0.15, 0.2) is 53.1 Å². The van der Waals surface area contributed by atoms with Gasteiger partial charge in [0.05, 0.1) is 23.1 Å². The van der Waals surface area contributed by atoms with Crippen LogP contribution in [0.25, 0.3) is 0 Å². The molecule has 1 aliphatic heterocycles. The van der Waals surface area contributed by atoms with Gasteiger partial charge < -0.3 is 19.6 Å². The lowest BCUT2D eigenvalue weighted by Crippen LogP contribution is -2.34. The van der Waals surface area contributed by atoms with Crippen molar-refractivity contribution in [3.05, 3.63) is 63.6 Å². The number of aliphatic hydroxyl groups excluding tert-OH is 1. The molecule has 166 valence electrons. The first-order chi connectivity index (χ1) is 15.0. The Labute approximate surface area is 187 Å². The van der Waals surface area contributed by atoms with Crippen LogP contribution < -0.4 is 4.74 Å². The molecular formula is C24H30N2O4S. The third kappa shape index (κ3) is 4.99. The van der Waals surface area contributed by atoms with Crippen LogP contribution >= 0.6 is 11.3 Å². The molecule has 0 spiro atoms. The van der Waals surface area contributed by atoms with Crippen molar-refractivity contribution in [2.75, 3.05) is 32.8 Å². The fraction of sp³-hybridized carbons (Fsp3) is 0.417. The van der Waals surface area contributed by atoms with E-state index in [1.807, 2.05) is 36.6 Å². The van der Waals surface area contributed by atoms with Gasteiger partial charge in [-0.3, -0.25) is 9.59 Å². The highest BCUT2D eigenvalue weighted by molar-refractivity contribution is 7.12. The summed E-state index contributed by atoms with van der Waals surface area (Å²) in [4.78, 5) is 30.7. The number of amides is 1. The van der Waals surface area contributed by atoms with Crippen molar-refractivity contribution in [2.24, 2.45) is 0 Å². The predicted octanol–water partition coefficient (Wildman–Crippen LogP) is 4.46. The van der Waals surface area contributed by atoms with Gasteiger partial charge in [0.1, 0.15) is 5.75 Å². The van der Waals surface area contributed by atoms with Gasteiger partial charge in [0.2, 0.25) is 5.78 Å². The van der Waals surface area contributed by atoms with E-state index in [9.17, 15) is 14.7 Å². The predicted molar refractivity (Wildman–Crippen MR) is 123 cm³/mol. The smallest absolute Gasteiger partial charge is 0.290 e. The zero-order valence-corrected chi connectivity index (χ0v) is 19.2. The van der Waals surface area contributed by atoms with Gasteiger partial charge in [-0.25, -0.2) is 0 Å². The van der Waals surface area contributed by atoms with Crippen LogP contribution in [0.5, 0.6) is 5.75 Å². The van der Waals surface area contributed by atoms with E-state index in [4.69, 9.17) is 4.74 Å². The number of nitrogens with zero attached hydrogens (tertiary/aromatic N) is 2. The zero-order chi connectivity index (χ0) is 22.4. The van der Waals surface area contributed by atoms with Crippen molar-refractivity contribution < 1.29 is 19.4 Å². The number of carbonyl (C=O) groups excluding carboxylic acids is 2. The second kappa shape index (κ2) is 10.6. The molecule has 3 rings (SSSR count). The Morgan fingerprint density at radius 3 is 2.61 bits per heavy atom. The summed E-state index contributed by atoms with van der Waals surface area (Å²) >= 11 is 1.30. The van der Waals surface area contributed by atoms with Gasteiger partial charge in [0.25, 0.3) is 5.91 Å². The van der Waals surface area contributed by atoms with Gasteiger partial charge in [-0.15, -0.1) is 11.3 Å². The average Bonchev–Trinajstić information content (AvgIpc) is 3.40. The first-order valence-electron chi connectivity index (χ1n) is 10.8. The third-order valence-electron chi connectivity index (χ3n) is 5.55. The molecule has 0 radical (unpaired) electrons. The number of hydrogen-bond donors (Lipinski definition) is 1. The molecule has 2 aromatic rings. The number of ketones is 1. The average molecular weight is 443 g/mol. The van der Waals surface area contributed by atoms with Crippen LogP contribution in [0.3, 0.4) is 0 Å². The summed E-state index contributed by atoms with van der Waals surface area (Å²) in [5.41, 5.74) is 0.898. The van der Waals surface area contributed by atoms with Gasteiger partial charge in [0.15, 0.2) is 5.76 Å². The molecule has 7 heteroatoms. The quantitative estimate of drug-likeness (QED) is 0.521. The van der Waals surface area contributed by atoms with Crippen molar-refractivity contribution in [1.82, 2.24) is 9.80 Å². The number of benzene rings is 1. The molecule has 0 fully saturated rings. The third-order valence-corrected chi connectivity index (χ3v) is 6.41. The minimum Gasteiger partial charge on any atom is -0.503 e. The molecule has 1 amide bonds. The minimum absolute atomic E-state index is 0.143. The van der Waals surface area contributed by atoms with Crippen LogP contribution in [-0.2, 0) is 4.79 Å². The van der Waals surface area contributed by atoms with Gasteiger partial charge in [-0.1, -0.05) is 32.0 Å². The summed E-state index contributed by atoms with van der Waals surface area (Å²) < 4.78 is 5.63. The Balaban J connectivity index is 1.95. The van der Waals surface area contributed by atoms with Crippen molar-refractivity contribution in [3.63, 3.8) is 0 Å². The van der Waals surface area contributed by atoms with Gasteiger partial charge in [0, 0.05) is 6.54 Å². The van der Waals surface area contributed by atoms with Gasteiger partial charge >= 0.3 is 0 Å². The lowest BCUT2D eigenvalue weighted by molar-refractivity contribution is -0.129. The molecule has 1 N–H and O–H groups in total. The van der Waals surface area contributed by atoms with E-state index in [2.05, 4.69) is 18.7 Å². The lowest BCUT2D eigenvalue weighted by Gasteiger charge is -2.28. The minimum atomic E-state index is -0.640. The summed E-state index contributed by atoms with van der Waals surface area (Å²) in [5.74, 6) is -0.580. The number of ether oxygens (including phenoxy) is 1. The second-order valence-electron chi connectivity index (χ2n) is 7.36. The maximum Gasteiger partial charge on any atom is 0.290 e. The van der Waals surface area contributed by atoms with E-state index in [1.165, 1.54) is 11.3 Å². The standard InChI is InChI=1S/C24H30N2O4S/c1-4-25(5-2)13-9-14-26-21(17-10-7-11-18(16-17)30-6-3)20(23(28)24(26)29)22(27)19-12-8-15-31-19/h7-8,10-12,15-16,21,28H,4-6,9,13-14H2,1-3H3. The summed E-state index contributed by atoms with van der Waals surface area (Å²) in [5, 5.41) is 12.5. The largest absolute Gasteiger partial charge is 0.503 e. The highest BCUT2D eigenvalue weighted by Gasteiger charge is 2.43. The van der Waals surface area contributed by atoms with Crippen LogP contribution in [0.1, 0.15) is 48.5 Å². The van der Waals surface area contributed by atoms with E-state index in [0.717, 1.165) is 31.6 Å². The molecule has 1 aromatic carbocycles. The monoisotopic (exact) mass is 442 g/mol. The van der Waals surface area contributed by atoms with Crippen LogP contribution in [0.2, 0.25) is 0 Å². The van der Waals surface area contributed by atoms with E-state index in [1.54, 1.807) is 17.0 Å². The van der Waals surface area contributed by atoms with E-state index >= 15 is 0 Å². The Kier molecular flexibility index (Phi) is 7.87. The summed E-state index contributed by atoms with van der Waals surface area (Å²) in [6.45, 7) is 9.81. The number of thiophene rings is 1. The SMILES string of the molecule is CCOc1cccc(C2C(C(=O)c3cccs3)=C(O)C(=O)N2CCCN(CC)CC)c1. The van der Waals surface area contributed by atoms with Gasteiger partial charge in [-0.05, 0) is 62.1 Å². The lowest BCUT2D eigenvalue weighted by atomic mass is 9.95. The van der Waals surface area contributed by atoms with Gasteiger partial charge in [-0.2, -0.15) is 0 Å². The van der Waals surface area contributed by atoms with Crippen molar-refractivity contribution >= 4 is 23.0 Å². The zero-order valence-electron chi connectivity index (χ0n) is 18.3. The molecule has 1 aromatic heterocycles. The first kappa shape index (κ1) is 23.0. The fourth-order valence-corrected chi connectivity index (χ4v) is 4.63. The van der Waals surface area contributed by atoms with E-state index in [0.29, 0.717) is 23.8 Å². The van der Waals surface area contributed by atoms with Crippen LogP contribution in [0, 0.1) is 0 Å². The molecule has 0 saturated heterocycles. The normalized spacial score (nSPS) is 16.5. The molecule has 0 aliphatic carbocycles.